The zero-order chi connectivity index (χ0) is 18.1. The third-order valence-corrected chi connectivity index (χ3v) is 5.81. The molecular formula is C21H19NO3S. The summed E-state index contributed by atoms with van der Waals surface area (Å²) in [6, 6.07) is 17.7. The normalized spacial score (nSPS) is 13.5. The SMILES string of the molecule is COc1ccc(-c2cc3c(s2)C(=O)N(c2cccc(OC)c2)CC3)cc1. The molecule has 0 atom stereocenters. The summed E-state index contributed by atoms with van der Waals surface area (Å²) in [7, 11) is 3.29. The lowest BCUT2D eigenvalue weighted by atomic mass is 10.1. The van der Waals surface area contributed by atoms with Crippen LogP contribution in [0.2, 0.25) is 0 Å². The molecule has 0 unspecified atom stereocenters. The Hall–Kier alpha value is -2.79. The molecule has 4 nitrogen and oxygen atoms in total. The summed E-state index contributed by atoms with van der Waals surface area (Å²) in [5, 5.41) is 0. The van der Waals surface area contributed by atoms with Gasteiger partial charge in [-0.15, -0.1) is 11.3 Å². The van der Waals surface area contributed by atoms with Gasteiger partial charge in [0.2, 0.25) is 0 Å². The number of benzene rings is 2. The van der Waals surface area contributed by atoms with E-state index >= 15 is 0 Å². The van der Waals surface area contributed by atoms with Crippen LogP contribution in [0.3, 0.4) is 0 Å². The number of anilines is 1. The monoisotopic (exact) mass is 365 g/mol. The summed E-state index contributed by atoms with van der Waals surface area (Å²) in [5.41, 5.74) is 3.11. The predicted octanol–water partition coefficient (Wildman–Crippen LogP) is 4.64. The van der Waals surface area contributed by atoms with Crippen molar-refractivity contribution >= 4 is 22.9 Å². The van der Waals surface area contributed by atoms with E-state index in [1.54, 1.807) is 25.6 Å². The smallest absolute Gasteiger partial charge is 0.268 e. The van der Waals surface area contributed by atoms with Gasteiger partial charge in [0.1, 0.15) is 11.5 Å². The van der Waals surface area contributed by atoms with Crippen LogP contribution in [0, 0.1) is 0 Å². The molecular weight excluding hydrogens is 346 g/mol. The standard InChI is InChI=1S/C21H19NO3S/c1-24-17-8-6-14(7-9-17)19-12-15-10-11-22(21(23)20(15)26-19)16-4-3-5-18(13-16)25-2/h3-9,12-13H,10-11H2,1-2H3. The topological polar surface area (TPSA) is 38.8 Å². The van der Waals surface area contributed by atoms with Crippen LogP contribution in [0.15, 0.2) is 54.6 Å². The maximum Gasteiger partial charge on any atom is 0.268 e. The van der Waals surface area contributed by atoms with Gasteiger partial charge in [0.05, 0.1) is 19.1 Å². The highest BCUT2D eigenvalue weighted by atomic mass is 32.1. The highest BCUT2D eigenvalue weighted by molar-refractivity contribution is 7.17. The van der Waals surface area contributed by atoms with Crippen LogP contribution in [0.5, 0.6) is 11.5 Å². The van der Waals surface area contributed by atoms with Crippen molar-refractivity contribution in [2.45, 2.75) is 6.42 Å². The van der Waals surface area contributed by atoms with Crippen LogP contribution in [0.4, 0.5) is 5.69 Å². The second-order valence-corrected chi connectivity index (χ2v) is 7.15. The lowest BCUT2D eigenvalue weighted by Crippen LogP contribution is -2.36. The first kappa shape index (κ1) is 16.7. The fraction of sp³-hybridized carbons (Fsp3) is 0.190. The minimum absolute atomic E-state index is 0.0595. The minimum Gasteiger partial charge on any atom is -0.497 e. The van der Waals surface area contributed by atoms with Gasteiger partial charge < -0.3 is 14.4 Å². The average molecular weight is 365 g/mol. The number of hydrogen-bond donors (Lipinski definition) is 0. The van der Waals surface area contributed by atoms with Crippen LogP contribution in [-0.2, 0) is 6.42 Å². The molecule has 0 fully saturated rings. The fourth-order valence-electron chi connectivity index (χ4n) is 3.17. The van der Waals surface area contributed by atoms with Crippen molar-refractivity contribution in [3.05, 3.63) is 65.0 Å². The van der Waals surface area contributed by atoms with E-state index in [0.717, 1.165) is 44.5 Å². The Bertz CT molecular complexity index is 946. The molecule has 0 saturated heterocycles. The largest absolute Gasteiger partial charge is 0.497 e. The van der Waals surface area contributed by atoms with Gasteiger partial charge in [-0.2, -0.15) is 0 Å². The first-order valence-corrected chi connectivity index (χ1v) is 9.24. The average Bonchev–Trinajstić information content (AvgIpc) is 3.13. The minimum atomic E-state index is 0.0595. The fourth-order valence-corrected chi connectivity index (χ4v) is 4.34. The van der Waals surface area contributed by atoms with E-state index in [0.29, 0.717) is 6.54 Å². The number of ether oxygens (including phenoxy) is 2. The van der Waals surface area contributed by atoms with Crippen molar-refractivity contribution < 1.29 is 14.3 Å². The number of carbonyl (C=O) groups is 1. The van der Waals surface area contributed by atoms with E-state index < -0.39 is 0 Å². The van der Waals surface area contributed by atoms with Gasteiger partial charge in [-0.05, 0) is 60.0 Å². The zero-order valence-corrected chi connectivity index (χ0v) is 15.5. The third kappa shape index (κ3) is 2.95. The Morgan fingerprint density at radius 2 is 1.73 bits per heavy atom. The molecule has 1 aliphatic heterocycles. The van der Waals surface area contributed by atoms with Crippen LogP contribution < -0.4 is 14.4 Å². The van der Waals surface area contributed by atoms with Crippen LogP contribution in [0.25, 0.3) is 10.4 Å². The summed E-state index contributed by atoms with van der Waals surface area (Å²) < 4.78 is 10.5. The number of carbonyl (C=O) groups excluding carboxylic acids is 1. The van der Waals surface area contributed by atoms with Gasteiger partial charge in [-0.25, -0.2) is 0 Å². The summed E-state index contributed by atoms with van der Waals surface area (Å²) in [6.45, 7) is 0.678. The molecule has 26 heavy (non-hydrogen) atoms. The molecule has 0 N–H and O–H groups in total. The lowest BCUT2D eigenvalue weighted by Gasteiger charge is -2.27. The first-order chi connectivity index (χ1) is 12.7. The molecule has 132 valence electrons. The van der Waals surface area contributed by atoms with E-state index in [9.17, 15) is 4.79 Å². The Labute approximate surface area is 156 Å². The molecule has 1 aromatic heterocycles. The van der Waals surface area contributed by atoms with Crippen molar-refractivity contribution in [2.24, 2.45) is 0 Å². The number of fused-ring (bicyclic) bond motifs is 1. The molecule has 1 aliphatic rings. The Morgan fingerprint density at radius 1 is 0.962 bits per heavy atom. The summed E-state index contributed by atoms with van der Waals surface area (Å²) in [4.78, 5) is 16.8. The molecule has 2 heterocycles. The second-order valence-electron chi connectivity index (χ2n) is 6.10. The first-order valence-electron chi connectivity index (χ1n) is 8.42. The van der Waals surface area contributed by atoms with E-state index in [2.05, 4.69) is 6.07 Å². The molecule has 0 bridgehead atoms. The van der Waals surface area contributed by atoms with Crippen molar-refractivity contribution in [3.63, 3.8) is 0 Å². The van der Waals surface area contributed by atoms with Crippen molar-refractivity contribution in [1.29, 1.82) is 0 Å². The second kappa shape index (κ2) is 6.84. The Balaban J connectivity index is 1.65. The number of thiophene rings is 1. The van der Waals surface area contributed by atoms with Gasteiger partial charge in [0.15, 0.2) is 0 Å². The molecule has 3 aromatic rings. The van der Waals surface area contributed by atoms with Gasteiger partial charge in [-0.1, -0.05) is 6.07 Å². The maximum absolute atomic E-state index is 13.0. The maximum atomic E-state index is 13.0. The number of amides is 1. The van der Waals surface area contributed by atoms with E-state index in [-0.39, 0.29) is 5.91 Å². The summed E-state index contributed by atoms with van der Waals surface area (Å²) in [5.74, 6) is 1.64. The molecule has 1 amide bonds. The highest BCUT2D eigenvalue weighted by Crippen LogP contribution is 2.37. The summed E-state index contributed by atoms with van der Waals surface area (Å²) >= 11 is 1.56. The molecule has 0 spiro atoms. The summed E-state index contributed by atoms with van der Waals surface area (Å²) in [6.07, 6.45) is 0.852. The van der Waals surface area contributed by atoms with E-state index in [1.165, 1.54) is 0 Å². The highest BCUT2D eigenvalue weighted by Gasteiger charge is 2.28. The molecule has 2 aromatic carbocycles. The number of methoxy groups -OCH3 is 2. The number of rotatable bonds is 4. The van der Waals surface area contributed by atoms with Crippen LogP contribution in [-0.4, -0.2) is 26.7 Å². The molecule has 5 heteroatoms. The Morgan fingerprint density at radius 3 is 2.46 bits per heavy atom. The van der Waals surface area contributed by atoms with Crippen LogP contribution in [0.1, 0.15) is 15.2 Å². The van der Waals surface area contributed by atoms with Crippen molar-refractivity contribution in [3.8, 4) is 21.9 Å². The quantitative estimate of drug-likeness (QED) is 0.676. The molecule has 0 radical (unpaired) electrons. The van der Waals surface area contributed by atoms with Gasteiger partial charge in [-0.3, -0.25) is 4.79 Å². The molecule has 0 aliphatic carbocycles. The molecule has 4 rings (SSSR count). The molecule has 0 saturated carbocycles. The van der Waals surface area contributed by atoms with Gasteiger partial charge in [0.25, 0.3) is 5.91 Å². The van der Waals surface area contributed by atoms with Crippen LogP contribution >= 0.6 is 11.3 Å². The Kier molecular flexibility index (Phi) is 4.39. The van der Waals surface area contributed by atoms with Gasteiger partial charge in [0, 0.05) is 23.2 Å². The van der Waals surface area contributed by atoms with Crippen molar-refractivity contribution in [2.75, 3.05) is 25.7 Å². The van der Waals surface area contributed by atoms with E-state index in [4.69, 9.17) is 9.47 Å². The predicted molar refractivity (Wildman–Crippen MR) is 105 cm³/mol. The number of nitrogens with zero attached hydrogens (tertiary/aromatic N) is 1. The third-order valence-electron chi connectivity index (χ3n) is 4.59. The van der Waals surface area contributed by atoms with Crippen molar-refractivity contribution in [1.82, 2.24) is 0 Å². The van der Waals surface area contributed by atoms with E-state index in [1.807, 2.05) is 53.4 Å². The number of hydrogen-bond acceptors (Lipinski definition) is 4. The lowest BCUT2D eigenvalue weighted by molar-refractivity contribution is 0.0985. The van der Waals surface area contributed by atoms with Gasteiger partial charge >= 0.3 is 0 Å². The zero-order valence-electron chi connectivity index (χ0n) is 14.7.